The molecule has 0 atom stereocenters. The van der Waals surface area contributed by atoms with Crippen molar-refractivity contribution in [3.8, 4) is 11.4 Å². The van der Waals surface area contributed by atoms with Gasteiger partial charge in [0.1, 0.15) is 5.75 Å². The molecule has 1 heterocycles. The van der Waals surface area contributed by atoms with Crippen molar-refractivity contribution in [2.24, 2.45) is 0 Å². The molecule has 84 valence electrons. The Hall–Kier alpha value is -2.49. The van der Waals surface area contributed by atoms with Gasteiger partial charge in [-0.15, -0.1) is 0 Å². The normalized spacial score (nSPS) is 10.8. The van der Waals surface area contributed by atoms with Crippen molar-refractivity contribution in [2.45, 2.75) is 0 Å². The minimum absolute atomic E-state index is 0.218. The van der Waals surface area contributed by atoms with E-state index in [0.717, 1.165) is 16.6 Å². The lowest BCUT2D eigenvalue weighted by atomic mass is 10.2. The molecule has 1 aromatic heterocycles. The maximum atomic E-state index is 9.47. The zero-order valence-electron chi connectivity index (χ0n) is 9.04. The average Bonchev–Trinajstić information content (AvgIpc) is 2.71. The molecule has 0 spiro atoms. The first-order valence-electron chi connectivity index (χ1n) is 5.27. The number of hydrogen-bond acceptors (Lipinski definition) is 3. The predicted molar refractivity (Wildman–Crippen MR) is 67.1 cm³/mol. The fourth-order valence-corrected chi connectivity index (χ4v) is 1.87. The summed E-state index contributed by atoms with van der Waals surface area (Å²) in [5.74, 6) is 0.218. The number of aromatic hydroxyl groups is 1. The van der Waals surface area contributed by atoms with Gasteiger partial charge in [0.15, 0.2) is 0 Å². The summed E-state index contributed by atoms with van der Waals surface area (Å²) in [6, 6.07) is 12.6. The summed E-state index contributed by atoms with van der Waals surface area (Å²) in [5.41, 5.74) is 8.20. The third-order valence-corrected chi connectivity index (χ3v) is 2.67. The summed E-state index contributed by atoms with van der Waals surface area (Å²) in [4.78, 5) is 0. The lowest BCUT2D eigenvalue weighted by Gasteiger charge is -2.04. The standard InChI is InChI=1S/C13H11N3O/c14-10-5-4-9-8-15-16(13(9)6-10)11-2-1-3-12(17)7-11/h1-8,17H,14H2. The summed E-state index contributed by atoms with van der Waals surface area (Å²) >= 11 is 0. The molecule has 0 saturated heterocycles. The van der Waals surface area contributed by atoms with Crippen molar-refractivity contribution in [2.75, 3.05) is 5.73 Å². The highest BCUT2D eigenvalue weighted by molar-refractivity contribution is 5.83. The predicted octanol–water partition coefficient (Wildman–Crippen LogP) is 2.31. The van der Waals surface area contributed by atoms with E-state index in [4.69, 9.17) is 5.73 Å². The molecule has 3 N–H and O–H groups in total. The van der Waals surface area contributed by atoms with Gasteiger partial charge in [-0.2, -0.15) is 5.10 Å². The number of rotatable bonds is 1. The van der Waals surface area contributed by atoms with E-state index in [1.54, 1.807) is 29.1 Å². The third-order valence-electron chi connectivity index (χ3n) is 2.67. The molecule has 0 saturated carbocycles. The van der Waals surface area contributed by atoms with Gasteiger partial charge in [-0.05, 0) is 30.3 Å². The summed E-state index contributed by atoms with van der Waals surface area (Å²) in [6.07, 6.45) is 1.78. The van der Waals surface area contributed by atoms with Crippen LogP contribution < -0.4 is 5.73 Å². The van der Waals surface area contributed by atoms with Gasteiger partial charge in [0, 0.05) is 17.1 Å². The van der Waals surface area contributed by atoms with E-state index < -0.39 is 0 Å². The number of anilines is 1. The van der Waals surface area contributed by atoms with E-state index >= 15 is 0 Å². The second-order valence-corrected chi connectivity index (χ2v) is 3.89. The van der Waals surface area contributed by atoms with Crippen molar-refractivity contribution < 1.29 is 5.11 Å². The zero-order valence-corrected chi connectivity index (χ0v) is 9.04. The molecule has 3 aromatic rings. The number of nitrogens with two attached hydrogens (primary N) is 1. The number of nitrogen functional groups attached to an aromatic ring is 1. The Balaban J connectivity index is 2.27. The first-order chi connectivity index (χ1) is 8.24. The monoisotopic (exact) mass is 225 g/mol. The molecule has 17 heavy (non-hydrogen) atoms. The Bertz CT molecular complexity index is 688. The Labute approximate surface area is 97.9 Å². The van der Waals surface area contributed by atoms with E-state index in [2.05, 4.69) is 5.10 Å². The molecule has 4 nitrogen and oxygen atoms in total. The van der Waals surface area contributed by atoms with Crippen LogP contribution in [0.3, 0.4) is 0 Å². The molecule has 0 aliphatic carbocycles. The molecule has 0 aliphatic heterocycles. The van der Waals surface area contributed by atoms with Crippen molar-refractivity contribution in [1.29, 1.82) is 0 Å². The van der Waals surface area contributed by atoms with Gasteiger partial charge in [0.25, 0.3) is 0 Å². The maximum absolute atomic E-state index is 9.47. The van der Waals surface area contributed by atoms with E-state index in [-0.39, 0.29) is 5.75 Å². The molecule has 0 radical (unpaired) electrons. The summed E-state index contributed by atoms with van der Waals surface area (Å²) in [6.45, 7) is 0. The zero-order chi connectivity index (χ0) is 11.8. The van der Waals surface area contributed by atoms with E-state index in [0.29, 0.717) is 5.69 Å². The van der Waals surface area contributed by atoms with Crippen molar-refractivity contribution in [1.82, 2.24) is 9.78 Å². The van der Waals surface area contributed by atoms with Crippen LogP contribution in [0.5, 0.6) is 5.75 Å². The minimum atomic E-state index is 0.218. The van der Waals surface area contributed by atoms with Gasteiger partial charge in [-0.25, -0.2) is 4.68 Å². The highest BCUT2D eigenvalue weighted by Crippen LogP contribution is 2.22. The van der Waals surface area contributed by atoms with Crippen molar-refractivity contribution >= 4 is 16.6 Å². The largest absolute Gasteiger partial charge is 0.508 e. The Morgan fingerprint density at radius 1 is 1.12 bits per heavy atom. The number of aromatic nitrogens is 2. The van der Waals surface area contributed by atoms with Gasteiger partial charge < -0.3 is 10.8 Å². The van der Waals surface area contributed by atoms with Crippen molar-refractivity contribution in [3.63, 3.8) is 0 Å². The number of hydrogen-bond donors (Lipinski definition) is 2. The molecule has 0 amide bonds. The van der Waals surface area contributed by atoms with Gasteiger partial charge in [0.05, 0.1) is 17.4 Å². The molecule has 2 aromatic carbocycles. The number of nitrogens with zero attached hydrogens (tertiary/aromatic N) is 2. The Kier molecular flexibility index (Phi) is 2.01. The van der Waals surface area contributed by atoms with Gasteiger partial charge in [-0.3, -0.25) is 0 Å². The molecule has 4 heteroatoms. The summed E-state index contributed by atoms with van der Waals surface area (Å²) in [5, 5.41) is 14.8. The second-order valence-electron chi connectivity index (χ2n) is 3.89. The lowest BCUT2D eigenvalue weighted by Crippen LogP contribution is -1.96. The SMILES string of the molecule is Nc1ccc2cnn(-c3cccc(O)c3)c2c1. The maximum Gasteiger partial charge on any atom is 0.117 e. The second kappa shape index (κ2) is 3.52. The quantitative estimate of drug-likeness (QED) is 0.624. The third kappa shape index (κ3) is 1.59. The van der Waals surface area contributed by atoms with Crippen LogP contribution in [0.25, 0.3) is 16.6 Å². The van der Waals surface area contributed by atoms with Crippen molar-refractivity contribution in [3.05, 3.63) is 48.7 Å². The molecular weight excluding hydrogens is 214 g/mol. The Morgan fingerprint density at radius 3 is 2.82 bits per heavy atom. The fraction of sp³-hybridized carbons (Fsp3) is 0. The summed E-state index contributed by atoms with van der Waals surface area (Å²) < 4.78 is 1.76. The average molecular weight is 225 g/mol. The van der Waals surface area contributed by atoms with Gasteiger partial charge in [0.2, 0.25) is 0 Å². The molecule has 0 fully saturated rings. The van der Waals surface area contributed by atoms with Crippen LogP contribution in [0.15, 0.2) is 48.7 Å². The topological polar surface area (TPSA) is 64.1 Å². The Morgan fingerprint density at radius 2 is 2.00 bits per heavy atom. The molecule has 0 aliphatic rings. The first kappa shape index (κ1) is 9.72. The smallest absolute Gasteiger partial charge is 0.117 e. The molecular formula is C13H11N3O. The number of phenolic OH excluding ortho intramolecular Hbond substituents is 1. The van der Waals surface area contributed by atoms with Crippen LogP contribution in [-0.2, 0) is 0 Å². The minimum Gasteiger partial charge on any atom is -0.508 e. The number of fused-ring (bicyclic) bond motifs is 1. The highest BCUT2D eigenvalue weighted by Gasteiger charge is 2.05. The van der Waals surface area contributed by atoms with E-state index in [9.17, 15) is 5.11 Å². The first-order valence-corrected chi connectivity index (χ1v) is 5.27. The van der Waals surface area contributed by atoms with E-state index in [1.165, 1.54) is 0 Å². The van der Waals surface area contributed by atoms with Gasteiger partial charge >= 0.3 is 0 Å². The number of benzene rings is 2. The molecule has 3 rings (SSSR count). The fourth-order valence-electron chi connectivity index (χ4n) is 1.87. The van der Waals surface area contributed by atoms with Crippen LogP contribution in [0.2, 0.25) is 0 Å². The van der Waals surface area contributed by atoms with Gasteiger partial charge in [-0.1, -0.05) is 6.07 Å². The van der Waals surface area contributed by atoms with Crippen LogP contribution in [0, 0.1) is 0 Å². The summed E-state index contributed by atoms with van der Waals surface area (Å²) in [7, 11) is 0. The number of phenols is 1. The molecule has 0 bridgehead atoms. The lowest BCUT2D eigenvalue weighted by molar-refractivity contribution is 0.475. The van der Waals surface area contributed by atoms with Crippen LogP contribution in [-0.4, -0.2) is 14.9 Å². The van der Waals surface area contributed by atoms with Crippen LogP contribution >= 0.6 is 0 Å². The van der Waals surface area contributed by atoms with Crippen LogP contribution in [0.1, 0.15) is 0 Å². The highest BCUT2D eigenvalue weighted by atomic mass is 16.3. The molecule has 0 unspecified atom stereocenters. The van der Waals surface area contributed by atoms with E-state index in [1.807, 2.05) is 24.3 Å². The van der Waals surface area contributed by atoms with Crippen LogP contribution in [0.4, 0.5) is 5.69 Å².